The molecular formula is C23H23N3O2. The first-order chi connectivity index (χ1) is 13.8. The van der Waals surface area contributed by atoms with Crippen LogP contribution in [0.25, 0.3) is 0 Å². The van der Waals surface area contributed by atoms with Gasteiger partial charge in [-0.05, 0) is 42.7 Å². The van der Waals surface area contributed by atoms with Gasteiger partial charge in [0.05, 0.1) is 7.11 Å². The van der Waals surface area contributed by atoms with E-state index in [9.17, 15) is 4.79 Å². The fourth-order valence-corrected chi connectivity index (χ4v) is 3.63. The van der Waals surface area contributed by atoms with Crippen LogP contribution in [0.2, 0.25) is 0 Å². The largest absolute Gasteiger partial charge is 0.496 e. The molecule has 28 heavy (non-hydrogen) atoms. The average molecular weight is 373 g/mol. The third-order valence-corrected chi connectivity index (χ3v) is 5.03. The van der Waals surface area contributed by atoms with E-state index in [1.54, 1.807) is 13.3 Å². The van der Waals surface area contributed by atoms with Crippen LogP contribution in [-0.4, -0.2) is 24.5 Å². The summed E-state index contributed by atoms with van der Waals surface area (Å²) in [5.74, 6) is 0.562. The van der Waals surface area contributed by atoms with Gasteiger partial charge < -0.3 is 15.0 Å². The molecule has 0 saturated carbocycles. The summed E-state index contributed by atoms with van der Waals surface area (Å²) < 4.78 is 5.34. The molecule has 2 aromatic carbocycles. The second-order valence-corrected chi connectivity index (χ2v) is 6.78. The number of ether oxygens (including phenoxy) is 1. The molecule has 0 fully saturated rings. The number of carbonyl (C=O) groups excluding carboxylic acids is 1. The van der Waals surface area contributed by atoms with E-state index in [0.717, 1.165) is 36.4 Å². The van der Waals surface area contributed by atoms with E-state index in [-0.39, 0.29) is 5.91 Å². The molecule has 0 atom stereocenters. The van der Waals surface area contributed by atoms with Gasteiger partial charge in [-0.1, -0.05) is 36.4 Å². The predicted octanol–water partition coefficient (Wildman–Crippen LogP) is 4.10. The average Bonchev–Trinajstić information content (AvgIpc) is 2.77. The molecule has 1 aromatic heterocycles. The number of nitrogens with zero attached hydrogens (tertiary/aromatic N) is 2. The Bertz CT molecular complexity index is 987. The highest BCUT2D eigenvalue weighted by Gasteiger charge is 2.19. The Balaban J connectivity index is 1.52. The molecule has 5 heteroatoms. The minimum absolute atomic E-state index is 0.196. The van der Waals surface area contributed by atoms with Crippen molar-refractivity contribution < 1.29 is 9.53 Å². The van der Waals surface area contributed by atoms with Crippen LogP contribution >= 0.6 is 0 Å². The van der Waals surface area contributed by atoms with Crippen LogP contribution in [0.5, 0.6) is 5.75 Å². The smallest absolute Gasteiger partial charge is 0.270 e. The molecule has 0 spiro atoms. The van der Waals surface area contributed by atoms with E-state index in [0.29, 0.717) is 12.2 Å². The van der Waals surface area contributed by atoms with Gasteiger partial charge in [-0.25, -0.2) is 0 Å². The molecular weight excluding hydrogens is 350 g/mol. The predicted molar refractivity (Wildman–Crippen MR) is 110 cm³/mol. The zero-order chi connectivity index (χ0) is 19.3. The lowest BCUT2D eigenvalue weighted by molar-refractivity contribution is 0.0945. The Morgan fingerprint density at radius 3 is 2.86 bits per heavy atom. The van der Waals surface area contributed by atoms with Crippen molar-refractivity contribution in [1.29, 1.82) is 0 Å². The lowest BCUT2D eigenvalue weighted by Gasteiger charge is -2.31. The topological polar surface area (TPSA) is 54.5 Å². The number of methoxy groups -OCH3 is 1. The Morgan fingerprint density at radius 1 is 1.14 bits per heavy atom. The second kappa shape index (κ2) is 8.13. The zero-order valence-electron chi connectivity index (χ0n) is 15.9. The third-order valence-electron chi connectivity index (χ3n) is 5.03. The number of anilines is 2. The molecule has 0 unspecified atom stereocenters. The quantitative estimate of drug-likeness (QED) is 0.731. The van der Waals surface area contributed by atoms with E-state index < -0.39 is 0 Å². The number of nitrogens with one attached hydrogen (secondary N) is 1. The number of rotatable bonds is 5. The van der Waals surface area contributed by atoms with Gasteiger partial charge in [0.25, 0.3) is 5.91 Å². The number of hydrogen-bond donors (Lipinski definition) is 1. The van der Waals surface area contributed by atoms with Crippen molar-refractivity contribution in [3.63, 3.8) is 0 Å². The number of para-hydroxylation sites is 2. The Kier molecular flexibility index (Phi) is 5.24. The summed E-state index contributed by atoms with van der Waals surface area (Å²) in [6.45, 7) is 1.32. The Hall–Kier alpha value is -3.34. The summed E-state index contributed by atoms with van der Waals surface area (Å²) in [5.41, 5.74) is 4.88. The van der Waals surface area contributed by atoms with Gasteiger partial charge in [0, 0.05) is 36.2 Å². The van der Waals surface area contributed by atoms with Gasteiger partial charge in [-0.2, -0.15) is 0 Å². The Labute approximate surface area is 165 Å². The molecule has 142 valence electrons. The molecule has 1 N–H and O–H groups in total. The van der Waals surface area contributed by atoms with Crippen molar-refractivity contribution in [2.24, 2.45) is 0 Å². The van der Waals surface area contributed by atoms with E-state index in [4.69, 9.17) is 4.74 Å². The fraction of sp³-hybridized carbons (Fsp3) is 0.217. The molecule has 1 amide bonds. The van der Waals surface area contributed by atoms with Crippen LogP contribution in [-0.2, 0) is 13.0 Å². The van der Waals surface area contributed by atoms with Gasteiger partial charge in [-0.15, -0.1) is 0 Å². The summed E-state index contributed by atoms with van der Waals surface area (Å²) in [5, 5.41) is 2.94. The molecule has 0 aliphatic carbocycles. The number of fused-ring (bicyclic) bond motifs is 1. The SMILES string of the molecule is COc1ccccc1CNC(=O)c1cc(N2CCCc3ccccc32)ccn1. The van der Waals surface area contributed by atoms with Crippen molar-refractivity contribution in [1.82, 2.24) is 10.3 Å². The lowest BCUT2D eigenvalue weighted by Crippen LogP contribution is -2.26. The van der Waals surface area contributed by atoms with Crippen molar-refractivity contribution in [3.05, 3.63) is 83.7 Å². The number of aromatic nitrogens is 1. The third kappa shape index (κ3) is 3.69. The van der Waals surface area contributed by atoms with Crippen molar-refractivity contribution in [2.45, 2.75) is 19.4 Å². The highest BCUT2D eigenvalue weighted by atomic mass is 16.5. The maximum Gasteiger partial charge on any atom is 0.270 e. The van der Waals surface area contributed by atoms with Gasteiger partial charge in [-0.3, -0.25) is 9.78 Å². The summed E-state index contributed by atoms with van der Waals surface area (Å²) in [6, 6.07) is 19.9. The van der Waals surface area contributed by atoms with Crippen LogP contribution in [0.1, 0.15) is 28.0 Å². The summed E-state index contributed by atoms with van der Waals surface area (Å²) in [6.07, 6.45) is 3.88. The van der Waals surface area contributed by atoms with E-state index >= 15 is 0 Å². The first-order valence-electron chi connectivity index (χ1n) is 9.48. The maximum atomic E-state index is 12.7. The van der Waals surface area contributed by atoms with Crippen LogP contribution in [0.3, 0.4) is 0 Å². The molecule has 2 heterocycles. The minimum Gasteiger partial charge on any atom is -0.496 e. The van der Waals surface area contributed by atoms with Crippen LogP contribution < -0.4 is 15.0 Å². The van der Waals surface area contributed by atoms with Gasteiger partial charge in [0.2, 0.25) is 0 Å². The van der Waals surface area contributed by atoms with Crippen molar-refractivity contribution in [2.75, 3.05) is 18.6 Å². The number of aryl methyl sites for hydroxylation is 1. The molecule has 4 rings (SSSR count). The molecule has 3 aromatic rings. The van der Waals surface area contributed by atoms with Gasteiger partial charge in [0.15, 0.2) is 0 Å². The van der Waals surface area contributed by atoms with Crippen LogP contribution in [0.4, 0.5) is 11.4 Å². The molecule has 0 bridgehead atoms. The monoisotopic (exact) mass is 373 g/mol. The van der Waals surface area contributed by atoms with Crippen molar-refractivity contribution in [3.8, 4) is 5.75 Å². The standard InChI is InChI=1S/C23H23N3O2/c1-28-22-11-5-3-8-18(22)16-25-23(27)20-15-19(12-13-24-20)26-14-6-9-17-7-2-4-10-21(17)26/h2-5,7-8,10-13,15H,6,9,14,16H2,1H3,(H,25,27). The number of benzene rings is 2. The second-order valence-electron chi connectivity index (χ2n) is 6.78. The summed E-state index contributed by atoms with van der Waals surface area (Å²) in [4.78, 5) is 19.2. The minimum atomic E-state index is -0.196. The van der Waals surface area contributed by atoms with Gasteiger partial charge >= 0.3 is 0 Å². The van der Waals surface area contributed by atoms with Gasteiger partial charge in [0.1, 0.15) is 11.4 Å². The molecule has 5 nitrogen and oxygen atoms in total. The van der Waals surface area contributed by atoms with E-state index in [1.807, 2.05) is 36.4 Å². The summed E-state index contributed by atoms with van der Waals surface area (Å²) in [7, 11) is 1.63. The number of pyridine rings is 1. The van der Waals surface area contributed by atoms with Crippen molar-refractivity contribution >= 4 is 17.3 Å². The number of hydrogen-bond acceptors (Lipinski definition) is 4. The molecule has 0 radical (unpaired) electrons. The number of carbonyl (C=O) groups is 1. The van der Waals surface area contributed by atoms with E-state index in [1.165, 1.54) is 11.3 Å². The van der Waals surface area contributed by atoms with E-state index in [2.05, 4.69) is 39.5 Å². The van der Waals surface area contributed by atoms with Crippen LogP contribution in [0.15, 0.2) is 66.9 Å². The zero-order valence-corrected chi connectivity index (χ0v) is 15.9. The maximum absolute atomic E-state index is 12.7. The lowest BCUT2D eigenvalue weighted by atomic mass is 10.0. The highest BCUT2D eigenvalue weighted by molar-refractivity contribution is 5.93. The number of amides is 1. The fourth-order valence-electron chi connectivity index (χ4n) is 3.63. The Morgan fingerprint density at radius 2 is 1.96 bits per heavy atom. The first kappa shape index (κ1) is 18.0. The summed E-state index contributed by atoms with van der Waals surface area (Å²) >= 11 is 0. The highest BCUT2D eigenvalue weighted by Crippen LogP contribution is 2.33. The molecule has 1 aliphatic heterocycles. The normalized spacial score (nSPS) is 13.0. The molecule has 1 aliphatic rings. The molecule has 0 saturated heterocycles. The first-order valence-corrected chi connectivity index (χ1v) is 9.48. The van der Waals surface area contributed by atoms with Crippen LogP contribution in [0, 0.1) is 0 Å².